The Morgan fingerprint density at radius 2 is 2.33 bits per heavy atom. The summed E-state index contributed by atoms with van der Waals surface area (Å²) in [6.45, 7) is 2.57. The van der Waals surface area contributed by atoms with Gasteiger partial charge in [-0.3, -0.25) is 14.9 Å². The van der Waals surface area contributed by atoms with Crippen LogP contribution in [0.15, 0.2) is 30.4 Å². The van der Waals surface area contributed by atoms with Crippen LogP contribution in [0.4, 0.5) is 5.69 Å². The molecule has 0 aromatic heterocycles. The van der Waals surface area contributed by atoms with Gasteiger partial charge in [-0.25, -0.2) is 0 Å². The average molecular weight is 289 g/mol. The molecule has 7 nitrogen and oxygen atoms in total. The van der Waals surface area contributed by atoms with Gasteiger partial charge in [-0.1, -0.05) is 13.0 Å². The van der Waals surface area contributed by atoms with Crippen molar-refractivity contribution in [2.75, 3.05) is 13.2 Å². The van der Waals surface area contributed by atoms with Crippen LogP contribution in [0.5, 0.6) is 5.75 Å². The van der Waals surface area contributed by atoms with Crippen LogP contribution in [0.1, 0.15) is 18.9 Å². The van der Waals surface area contributed by atoms with Crippen LogP contribution >= 0.6 is 0 Å². The van der Waals surface area contributed by atoms with E-state index in [2.05, 4.69) is 5.32 Å². The van der Waals surface area contributed by atoms with Crippen LogP contribution in [0, 0.1) is 21.4 Å². The summed E-state index contributed by atoms with van der Waals surface area (Å²) >= 11 is 0. The number of benzene rings is 1. The number of ether oxygens (including phenoxy) is 1. The van der Waals surface area contributed by atoms with E-state index in [1.165, 1.54) is 30.4 Å². The molecule has 0 spiro atoms. The third kappa shape index (κ3) is 4.95. The number of carbonyl (C=O) groups is 1. The number of rotatable bonds is 7. The van der Waals surface area contributed by atoms with Crippen molar-refractivity contribution in [2.24, 2.45) is 0 Å². The summed E-state index contributed by atoms with van der Waals surface area (Å²) in [4.78, 5) is 21.4. The SMILES string of the molecule is CCCNC(=O)/C=C/COc1cccc([N+](=O)[O-])c1C#N. The molecule has 0 heterocycles. The van der Waals surface area contributed by atoms with Crippen molar-refractivity contribution in [3.05, 3.63) is 46.0 Å². The van der Waals surface area contributed by atoms with E-state index in [9.17, 15) is 14.9 Å². The molecule has 1 rings (SSSR count). The fourth-order valence-electron chi connectivity index (χ4n) is 1.50. The Hall–Kier alpha value is -2.88. The quantitative estimate of drug-likeness (QED) is 0.469. The highest BCUT2D eigenvalue weighted by Crippen LogP contribution is 2.27. The molecule has 0 radical (unpaired) electrons. The van der Waals surface area contributed by atoms with Crippen LogP contribution < -0.4 is 10.1 Å². The molecular formula is C14H15N3O4. The summed E-state index contributed by atoms with van der Waals surface area (Å²) in [7, 11) is 0. The second-order valence-corrected chi connectivity index (χ2v) is 4.02. The van der Waals surface area contributed by atoms with E-state index < -0.39 is 4.92 Å². The van der Waals surface area contributed by atoms with Crippen LogP contribution in [-0.4, -0.2) is 24.0 Å². The lowest BCUT2D eigenvalue weighted by atomic mass is 10.2. The van der Waals surface area contributed by atoms with Gasteiger partial charge in [0, 0.05) is 18.7 Å². The molecule has 0 aliphatic rings. The molecule has 0 saturated heterocycles. The first-order chi connectivity index (χ1) is 10.1. The topological polar surface area (TPSA) is 105 Å². The zero-order valence-electron chi connectivity index (χ0n) is 11.5. The molecule has 0 aliphatic heterocycles. The Morgan fingerprint density at radius 1 is 1.57 bits per heavy atom. The Bertz CT molecular complexity index is 590. The van der Waals surface area contributed by atoms with Crippen molar-refractivity contribution in [1.82, 2.24) is 5.32 Å². The highest BCUT2D eigenvalue weighted by molar-refractivity contribution is 5.87. The van der Waals surface area contributed by atoms with Gasteiger partial charge in [0.2, 0.25) is 5.91 Å². The molecule has 1 aromatic carbocycles. The minimum absolute atomic E-state index is 0.0371. The first kappa shape index (κ1) is 16.2. The van der Waals surface area contributed by atoms with E-state index in [0.717, 1.165) is 6.42 Å². The summed E-state index contributed by atoms with van der Waals surface area (Å²) < 4.78 is 5.28. The number of nitro benzene ring substituents is 1. The molecule has 1 N–H and O–H groups in total. The standard InChI is InChI=1S/C14H15N3O4/c1-2-8-16-14(18)7-4-9-21-13-6-3-5-12(17(19)20)11(13)10-15/h3-7H,2,8-9H2,1H3,(H,16,18)/b7-4+. The van der Waals surface area contributed by atoms with Crippen LogP contribution in [0.25, 0.3) is 0 Å². The summed E-state index contributed by atoms with van der Waals surface area (Å²) in [5, 5.41) is 22.4. The third-order valence-corrected chi connectivity index (χ3v) is 2.47. The third-order valence-electron chi connectivity index (χ3n) is 2.47. The number of hydrogen-bond donors (Lipinski definition) is 1. The minimum atomic E-state index is -0.639. The van der Waals surface area contributed by atoms with Crippen molar-refractivity contribution in [1.29, 1.82) is 5.26 Å². The highest BCUT2D eigenvalue weighted by atomic mass is 16.6. The second kappa shape index (κ2) is 8.32. The summed E-state index contributed by atoms with van der Waals surface area (Å²) in [6, 6.07) is 5.89. The number of nitrogens with zero attached hydrogens (tertiary/aromatic N) is 2. The van der Waals surface area contributed by atoms with Gasteiger partial charge in [0.25, 0.3) is 5.69 Å². The van der Waals surface area contributed by atoms with Crippen molar-refractivity contribution in [3.8, 4) is 11.8 Å². The normalized spacial score (nSPS) is 10.1. The molecule has 1 amide bonds. The van der Waals surface area contributed by atoms with Gasteiger partial charge in [-0.05, 0) is 18.6 Å². The summed E-state index contributed by atoms with van der Waals surface area (Å²) in [6.07, 6.45) is 3.64. The van der Waals surface area contributed by atoms with Gasteiger partial charge in [0.05, 0.1) is 4.92 Å². The van der Waals surface area contributed by atoms with Gasteiger partial charge in [-0.2, -0.15) is 5.26 Å². The predicted molar refractivity (Wildman–Crippen MR) is 75.7 cm³/mol. The number of amides is 1. The first-order valence-electron chi connectivity index (χ1n) is 6.34. The van der Waals surface area contributed by atoms with Crippen LogP contribution in [0.2, 0.25) is 0 Å². The Kier molecular flexibility index (Phi) is 6.41. The first-order valence-corrected chi connectivity index (χ1v) is 6.34. The Balaban J connectivity index is 2.66. The van der Waals surface area contributed by atoms with Crippen LogP contribution in [-0.2, 0) is 4.79 Å². The lowest BCUT2D eigenvalue weighted by Gasteiger charge is -2.05. The number of nitrogens with one attached hydrogen (secondary N) is 1. The molecule has 1 aromatic rings. The Morgan fingerprint density at radius 3 is 2.95 bits per heavy atom. The number of nitro groups is 1. The van der Waals surface area contributed by atoms with Crippen molar-refractivity contribution in [2.45, 2.75) is 13.3 Å². The van der Waals surface area contributed by atoms with E-state index in [4.69, 9.17) is 10.00 Å². The van der Waals surface area contributed by atoms with Gasteiger partial charge in [-0.15, -0.1) is 0 Å². The van der Waals surface area contributed by atoms with Crippen molar-refractivity contribution >= 4 is 11.6 Å². The number of nitriles is 1. The van der Waals surface area contributed by atoms with E-state index in [-0.39, 0.29) is 29.5 Å². The van der Waals surface area contributed by atoms with Gasteiger partial charge in [0.1, 0.15) is 18.4 Å². The van der Waals surface area contributed by atoms with Gasteiger partial charge in [0.15, 0.2) is 5.56 Å². The average Bonchev–Trinajstić information content (AvgIpc) is 2.48. The Labute approximate surface area is 122 Å². The summed E-state index contributed by atoms with van der Waals surface area (Å²) in [5.74, 6) is -0.120. The monoisotopic (exact) mass is 289 g/mol. The van der Waals surface area contributed by atoms with E-state index in [1.807, 2.05) is 6.92 Å². The molecule has 0 aliphatic carbocycles. The fraction of sp³-hybridized carbons (Fsp3) is 0.286. The maximum Gasteiger partial charge on any atom is 0.290 e. The molecule has 0 saturated carbocycles. The number of hydrogen-bond acceptors (Lipinski definition) is 5. The van der Waals surface area contributed by atoms with Crippen molar-refractivity contribution in [3.63, 3.8) is 0 Å². The van der Waals surface area contributed by atoms with Crippen molar-refractivity contribution < 1.29 is 14.5 Å². The largest absolute Gasteiger partial charge is 0.488 e. The second-order valence-electron chi connectivity index (χ2n) is 4.02. The van der Waals surface area contributed by atoms with Crippen LogP contribution in [0.3, 0.4) is 0 Å². The lowest BCUT2D eigenvalue weighted by molar-refractivity contribution is -0.385. The van der Waals surface area contributed by atoms with E-state index in [0.29, 0.717) is 6.54 Å². The molecular weight excluding hydrogens is 274 g/mol. The molecule has 7 heteroatoms. The molecule has 110 valence electrons. The maximum atomic E-state index is 11.3. The molecule has 0 fully saturated rings. The zero-order valence-corrected chi connectivity index (χ0v) is 11.5. The predicted octanol–water partition coefficient (Wildman–Crippen LogP) is 1.93. The maximum absolute atomic E-state index is 11.3. The molecule has 0 atom stereocenters. The zero-order chi connectivity index (χ0) is 15.7. The van der Waals surface area contributed by atoms with Gasteiger partial charge < -0.3 is 10.1 Å². The lowest BCUT2D eigenvalue weighted by Crippen LogP contribution is -2.21. The molecule has 0 bridgehead atoms. The molecule has 0 unspecified atom stereocenters. The number of carbonyl (C=O) groups excluding carboxylic acids is 1. The van der Waals surface area contributed by atoms with Gasteiger partial charge >= 0.3 is 0 Å². The summed E-state index contributed by atoms with van der Waals surface area (Å²) in [5.41, 5.74) is -0.439. The smallest absolute Gasteiger partial charge is 0.290 e. The highest BCUT2D eigenvalue weighted by Gasteiger charge is 2.17. The van der Waals surface area contributed by atoms with E-state index in [1.54, 1.807) is 6.07 Å². The van der Waals surface area contributed by atoms with E-state index >= 15 is 0 Å². The minimum Gasteiger partial charge on any atom is -0.488 e. The fourth-order valence-corrected chi connectivity index (χ4v) is 1.50. The molecule has 21 heavy (non-hydrogen) atoms.